The molecule has 0 saturated carbocycles. The quantitative estimate of drug-likeness (QED) is 0.506. The van der Waals surface area contributed by atoms with Crippen molar-refractivity contribution in [2.24, 2.45) is 5.92 Å². The van der Waals surface area contributed by atoms with Crippen molar-refractivity contribution >= 4 is 29.5 Å². The normalized spacial score (nSPS) is 21.8. The van der Waals surface area contributed by atoms with E-state index >= 15 is 0 Å². The molecule has 0 aromatic heterocycles. The second-order valence-electron chi connectivity index (χ2n) is 10.0. The first-order valence-electron chi connectivity index (χ1n) is 11.8. The molecular weight excluding hydrogens is 438 g/mol. The zero-order valence-electron chi connectivity index (χ0n) is 20.5. The summed E-state index contributed by atoms with van der Waals surface area (Å²) in [6, 6.07) is 6.23. The third-order valence-corrected chi connectivity index (χ3v) is 7.49. The van der Waals surface area contributed by atoms with Gasteiger partial charge in [-0.2, -0.15) is 0 Å². The smallest absolute Gasteiger partial charge is 0.256 e. The van der Waals surface area contributed by atoms with Crippen LogP contribution in [-0.4, -0.2) is 58.7 Å². The number of carbonyl (C=O) groups is 3. The maximum absolute atomic E-state index is 13.5. The number of amides is 3. The van der Waals surface area contributed by atoms with Crippen molar-refractivity contribution in [1.82, 2.24) is 15.5 Å². The maximum atomic E-state index is 13.5. The lowest BCUT2D eigenvalue weighted by Gasteiger charge is -2.31. The zero-order chi connectivity index (χ0) is 24.3. The molecule has 3 atom stereocenters. The highest BCUT2D eigenvalue weighted by Gasteiger charge is 2.57. The fourth-order valence-electron chi connectivity index (χ4n) is 4.48. The molecule has 1 aromatic rings. The molecule has 0 bridgehead atoms. The van der Waals surface area contributed by atoms with Crippen LogP contribution in [0.5, 0.6) is 0 Å². The van der Waals surface area contributed by atoms with E-state index in [1.807, 2.05) is 65.8 Å². The Morgan fingerprint density at radius 3 is 2.55 bits per heavy atom. The third kappa shape index (κ3) is 5.72. The number of nitrogens with one attached hydrogen (secondary N) is 2. The molecule has 0 radical (unpaired) electrons. The molecule has 0 aliphatic carbocycles. The van der Waals surface area contributed by atoms with E-state index in [1.165, 1.54) is 0 Å². The molecule has 2 aliphatic heterocycles. The second-order valence-corrected chi connectivity index (χ2v) is 11.8. The van der Waals surface area contributed by atoms with E-state index in [0.717, 1.165) is 5.56 Å². The predicted octanol–water partition coefficient (Wildman–Crippen LogP) is 3.50. The van der Waals surface area contributed by atoms with E-state index in [9.17, 15) is 14.4 Å². The number of thioether (sulfide) groups is 1. The molecule has 0 spiro atoms. The molecule has 1 aromatic carbocycles. The highest BCUT2D eigenvalue weighted by atomic mass is 32.2. The number of rotatable bonds is 10. The van der Waals surface area contributed by atoms with Gasteiger partial charge in [-0.1, -0.05) is 32.0 Å². The Balaban J connectivity index is 1.70. The van der Waals surface area contributed by atoms with Gasteiger partial charge in [0.25, 0.3) is 5.91 Å². The molecule has 7 nitrogen and oxygen atoms in total. The summed E-state index contributed by atoms with van der Waals surface area (Å²) in [6.07, 6.45) is 1.39. The van der Waals surface area contributed by atoms with E-state index in [1.54, 1.807) is 16.7 Å². The summed E-state index contributed by atoms with van der Waals surface area (Å²) in [5.41, 5.74) is 1.61. The van der Waals surface area contributed by atoms with Gasteiger partial charge in [0.05, 0.1) is 6.10 Å². The van der Waals surface area contributed by atoms with Crippen molar-refractivity contribution < 1.29 is 19.1 Å². The molecule has 3 rings (SSSR count). The molecule has 2 aliphatic rings. The number of hydrogen-bond acceptors (Lipinski definition) is 5. The highest BCUT2D eigenvalue weighted by Crippen LogP contribution is 2.56. The molecule has 0 unspecified atom stereocenters. The SMILES string of the molecule is CC(C)C[C@H](NC(=O)[C@H]1N2C(=O)c3ccccc3[C@@H]2SC1(C)C)C(=O)NCCCOC(C)C. The minimum absolute atomic E-state index is 0.121. The van der Waals surface area contributed by atoms with E-state index in [4.69, 9.17) is 4.74 Å². The second kappa shape index (κ2) is 10.5. The molecule has 33 heavy (non-hydrogen) atoms. The molecule has 1 fully saturated rings. The largest absolute Gasteiger partial charge is 0.379 e. The minimum atomic E-state index is -0.658. The Morgan fingerprint density at radius 1 is 1.18 bits per heavy atom. The van der Waals surface area contributed by atoms with Gasteiger partial charge in [0.1, 0.15) is 17.5 Å². The number of fused-ring (bicyclic) bond motifs is 3. The van der Waals surface area contributed by atoms with Crippen LogP contribution in [-0.2, 0) is 14.3 Å². The topological polar surface area (TPSA) is 87.7 Å². The molecule has 1 saturated heterocycles. The Kier molecular flexibility index (Phi) is 8.11. The van der Waals surface area contributed by atoms with Gasteiger partial charge in [0, 0.05) is 23.5 Å². The predicted molar refractivity (Wildman–Crippen MR) is 131 cm³/mol. The van der Waals surface area contributed by atoms with Crippen LogP contribution in [0.4, 0.5) is 0 Å². The summed E-state index contributed by atoms with van der Waals surface area (Å²) < 4.78 is 5.04. The third-order valence-electron chi connectivity index (χ3n) is 5.96. The number of nitrogens with zero attached hydrogens (tertiary/aromatic N) is 1. The average Bonchev–Trinajstić information content (AvgIpc) is 3.16. The first kappa shape index (κ1) is 25.6. The molecular formula is C25H37N3O4S. The van der Waals surface area contributed by atoms with Gasteiger partial charge in [0.15, 0.2) is 0 Å². The standard InChI is InChI=1S/C25H37N3O4S/c1-15(2)14-19(21(29)26-12-9-13-32-16(3)4)27-22(30)20-25(5,6)33-24-18-11-8-7-10-17(18)23(31)28(20)24/h7-8,10-11,15-16,19-20,24H,9,12-14H2,1-6H3,(H,26,29)(H,27,30)/t19-,20+,24-/m0/s1. The van der Waals surface area contributed by atoms with Crippen molar-refractivity contribution in [3.63, 3.8) is 0 Å². The van der Waals surface area contributed by atoms with Gasteiger partial charge < -0.3 is 20.3 Å². The first-order chi connectivity index (χ1) is 15.5. The average molecular weight is 476 g/mol. The van der Waals surface area contributed by atoms with Crippen molar-refractivity contribution in [3.8, 4) is 0 Å². The maximum Gasteiger partial charge on any atom is 0.256 e. The zero-order valence-corrected chi connectivity index (χ0v) is 21.3. The lowest BCUT2D eigenvalue weighted by Crippen LogP contribution is -2.57. The van der Waals surface area contributed by atoms with Crippen LogP contribution < -0.4 is 10.6 Å². The van der Waals surface area contributed by atoms with Crippen molar-refractivity contribution in [3.05, 3.63) is 35.4 Å². The summed E-state index contributed by atoms with van der Waals surface area (Å²) in [5.74, 6) is -0.372. The molecule has 2 N–H and O–H groups in total. The monoisotopic (exact) mass is 475 g/mol. The van der Waals surface area contributed by atoms with E-state index < -0.39 is 16.8 Å². The molecule has 2 heterocycles. The number of ether oxygens (including phenoxy) is 1. The Hall–Kier alpha value is -2.06. The van der Waals surface area contributed by atoms with Gasteiger partial charge in [-0.25, -0.2) is 0 Å². The van der Waals surface area contributed by atoms with Gasteiger partial charge in [-0.3, -0.25) is 14.4 Å². The Labute approximate surface area is 201 Å². The summed E-state index contributed by atoms with van der Waals surface area (Å²) in [5, 5.41) is 5.72. The van der Waals surface area contributed by atoms with Crippen LogP contribution in [0, 0.1) is 5.92 Å². The summed E-state index contributed by atoms with van der Waals surface area (Å²) in [7, 11) is 0. The van der Waals surface area contributed by atoms with Gasteiger partial charge >= 0.3 is 0 Å². The Morgan fingerprint density at radius 2 is 1.88 bits per heavy atom. The summed E-state index contributed by atoms with van der Waals surface area (Å²) in [6.45, 7) is 13.0. The number of carbonyl (C=O) groups excluding carboxylic acids is 3. The first-order valence-corrected chi connectivity index (χ1v) is 12.7. The lowest BCUT2D eigenvalue weighted by molar-refractivity contribution is -0.132. The highest BCUT2D eigenvalue weighted by molar-refractivity contribution is 8.01. The van der Waals surface area contributed by atoms with E-state index in [-0.39, 0.29) is 35.1 Å². The van der Waals surface area contributed by atoms with Gasteiger partial charge in [0.2, 0.25) is 11.8 Å². The van der Waals surface area contributed by atoms with Crippen LogP contribution in [0.15, 0.2) is 24.3 Å². The molecule has 8 heteroatoms. The number of benzene rings is 1. The lowest BCUT2D eigenvalue weighted by atomic mass is 9.98. The molecule has 182 valence electrons. The van der Waals surface area contributed by atoms with Crippen LogP contribution in [0.25, 0.3) is 0 Å². The molecule has 3 amide bonds. The van der Waals surface area contributed by atoms with Crippen LogP contribution in [0.3, 0.4) is 0 Å². The van der Waals surface area contributed by atoms with Crippen LogP contribution in [0.2, 0.25) is 0 Å². The van der Waals surface area contributed by atoms with E-state index in [2.05, 4.69) is 10.6 Å². The van der Waals surface area contributed by atoms with Crippen molar-refractivity contribution in [2.75, 3.05) is 13.2 Å². The van der Waals surface area contributed by atoms with Gasteiger partial charge in [-0.05, 0) is 58.1 Å². The van der Waals surface area contributed by atoms with E-state index in [0.29, 0.717) is 31.6 Å². The minimum Gasteiger partial charge on any atom is -0.379 e. The van der Waals surface area contributed by atoms with Crippen molar-refractivity contribution in [2.45, 2.75) is 82.7 Å². The van der Waals surface area contributed by atoms with Crippen LogP contribution >= 0.6 is 11.8 Å². The number of hydrogen-bond donors (Lipinski definition) is 2. The fourth-order valence-corrected chi connectivity index (χ4v) is 6.07. The summed E-state index contributed by atoms with van der Waals surface area (Å²) >= 11 is 1.62. The van der Waals surface area contributed by atoms with Crippen molar-refractivity contribution in [1.29, 1.82) is 0 Å². The Bertz CT molecular complexity index is 886. The fraction of sp³-hybridized carbons (Fsp3) is 0.640. The van der Waals surface area contributed by atoms with Gasteiger partial charge in [-0.15, -0.1) is 11.8 Å². The summed E-state index contributed by atoms with van der Waals surface area (Å²) in [4.78, 5) is 41.3. The van der Waals surface area contributed by atoms with Crippen LogP contribution in [0.1, 0.15) is 75.7 Å².